The fraction of sp³-hybridized carbons (Fsp3) is 0.591. The summed E-state index contributed by atoms with van der Waals surface area (Å²) < 4.78 is 17.7. The molecule has 7 heteroatoms. The summed E-state index contributed by atoms with van der Waals surface area (Å²) in [6, 6.07) is 12.1. The first kappa shape index (κ1) is 21.1. The summed E-state index contributed by atoms with van der Waals surface area (Å²) in [5.74, 6) is -1.22. The van der Waals surface area contributed by atoms with Crippen LogP contribution in [0.3, 0.4) is 0 Å². The van der Waals surface area contributed by atoms with Gasteiger partial charge in [-0.3, -0.25) is 0 Å². The highest BCUT2D eigenvalue weighted by Crippen LogP contribution is 2.82. The summed E-state index contributed by atoms with van der Waals surface area (Å²) in [6.45, 7) is 7.30. The van der Waals surface area contributed by atoms with Crippen molar-refractivity contribution >= 4 is 5.84 Å². The van der Waals surface area contributed by atoms with Crippen LogP contribution in [-0.2, 0) is 9.47 Å². The minimum Gasteiger partial charge on any atom is -0.494 e. The number of aliphatic imine (C=N–C) groups is 1. The van der Waals surface area contributed by atoms with E-state index in [1.165, 1.54) is 0 Å². The van der Waals surface area contributed by atoms with Crippen molar-refractivity contribution in [1.29, 1.82) is 10.5 Å². The maximum atomic E-state index is 10.3. The minimum atomic E-state index is -1.57. The number of hydrogen-bond donors (Lipinski definition) is 1. The molecule has 1 aliphatic heterocycles. The third-order valence-corrected chi connectivity index (χ3v) is 5.62. The van der Waals surface area contributed by atoms with Crippen LogP contribution in [0.15, 0.2) is 29.3 Å². The Kier molecular flexibility index (Phi) is 5.84. The standard InChI is InChI=1S/C22H28N4O3/c1-4-11-27-17-9-7-16(8-10-17)18-20(14-23)19(25)26-22(28-12-5-2,29-13-6-3)21(18,20)15-24/h7-10,18H,4-6,11-13H2,1-3H3,(H2,25,26). The van der Waals surface area contributed by atoms with Crippen LogP contribution in [0.4, 0.5) is 0 Å². The van der Waals surface area contributed by atoms with E-state index in [2.05, 4.69) is 17.1 Å². The lowest BCUT2D eigenvalue weighted by atomic mass is 9.93. The van der Waals surface area contributed by atoms with E-state index < -0.39 is 22.7 Å². The Balaban J connectivity index is 2.05. The number of amidine groups is 1. The number of hydrogen-bond acceptors (Lipinski definition) is 7. The van der Waals surface area contributed by atoms with Gasteiger partial charge in [-0.2, -0.15) is 10.5 Å². The maximum absolute atomic E-state index is 10.3. The van der Waals surface area contributed by atoms with Gasteiger partial charge in [0, 0.05) is 5.92 Å². The molecule has 1 saturated carbocycles. The van der Waals surface area contributed by atoms with Crippen LogP contribution in [0.1, 0.15) is 51.5 Å². The van der Waals surface area contributed by atoms with Gasteiger partial charge in [0.05, 0.1) is 32.0 Å². The Bertz CT molecular complexity index is 846. The van der Waals surface area contributed by atoms with Crippen molar-refractivity contribution in [3.63, 3.8) is 0 Å². The first-order chi connectivity index (χ1) is 14.0. The normalized spacial score (nSPS) is 28.7. The molecule has 7 nitrogen and oxygen atoms in total. The van der Waals surface area contributed by atoms with E-state index in [-0.39, 0.29) is 5.84 Å². The van der Waals surface area contributed by atoms with E-state index in [4.69, 9.17) is 19.9 Å². The maximum Gasteiger partial charge on any atom is 0.293 e. The monoisotopic (exact) mass is 396 g/mol. The SMILES string of the molecule is CCCOc1ccc(C2C3(C#N)C(N)=NC(OCCC)(OCCC)C23C#N)cc1. The highest BCUT2D eigenvalue weighted by molar-refractivity contribution is 6.00. The lowest BCUT2D eigenvalue weighted by molar-refractivity contribution is -0.259. The Morgan fingerprint density at radius 1 is 0.966 bits per heavy atom. The quantitative estimate of drug-likeness (QED) is 0.606. The second-order valence-electron chi connectivity index (χ2n) is 7.47. The number of nitrogens with two attached hydrogens (primary N) is 1. The number of benzene rings is 1. The van der Waals surface area contributed by atoms with E-state index in [0.29, 0.717) is 19.8 Å². The fourth-order valence-electron chi connectivity index (χ4n) is 4.32. The number of ether oxygens (including phenoxy) is 3. The van der Waals surface area contributed by atoms with Gasteiger partial charge in [-0.15, -0.1) is 0 Å². The molecule has 29 heavy (non-hydrogen) atoms. The third kappa shape index (κ3) is 2.80. The second-order valence-corrected chi connectivity index (χ2v) is 7.47. The van der Waals surface area contributed by atoms with E-state index in [1.54, 1.807) is 0 Å². The van der Waals surface area contributed by atoms with E-state index >= 15 is 0 Å². The van der Waals surface area contributed by atoms with Crippen molar-refractivity contribution in [3.05, 3.63) is 29.8 Å². The van der Waals surface area contributed by atoms with Crippen molar-refractivity contribution in [2.24, 2.45) is 21.6 Å². The average molecular weight is 396 g/mol. The molecule has 1 fully saturated rings. The smallest absolute Gasteiger partial charge is 0.293 e. The molecule has 3 rings (SSSR count). The summed E-state index contributed by atoms with van der Waals surface area (Å²) in [6.07, 6.45) is 2.36. The van der Waals surface area contributed by atoms with E-state index in [9.17, 15) is 10.5 Å². The molecule has 1 aromatic carbocycles. The highest BCUT2D eigenvalue weighted by Gasteiger charge is 2.93. The van der Waals surface area contributed by atoms with Crippen molar-refractivity contribution in [2.45, 2.75) is 51.9 Å². The van der Waals surface area contributed by atoms with Crippen LogP contribution in [0.5, 0.6) is 5.75 Å². The molecule has 0 bridgehead atoms. The molecule has 2 N–H and O–H groups in total. The molecule has 154 valence electrons. The zero-order chi connectivity index (χ0) is 21.1. The molecule has 3 atom stereocenters. The lowest BCUT2D eigenvalue weighted by Gasteiger charge is -2.32. The zero-order valence-electron chi connectivity index (χ0n) is 17.3. The number of nitrogens with zero attached hydrogens (tertiary/aromatic N) is 3. The van der Waals surface area contributed by atoms with Crippen molar-refractivity contribution in [1.82, 2.24) is 0 Å². The van der Waals surface area contributed by atoms with Crippen LogP contribution in [0.2, 0.25) is 0 Å². The number of rotatable bonds is 10. The number of nitriles is 2. The largest absolute Gasteiger partial charge is 0.494 e. The predicted molar refractivity (Wildman–Crippen MR) is 108 cm³/mol. The van der Waals surface area contributed by atoms with Crippen LogP contribution in [0.25, 0.3) is 0 Å². The van der Waals surface area contributed by atoms with Gasteiger partial charge in [-0.25, -0.2) is 4.99 Å². The Labute approximate surface area is 172 Å². The summed E-state index contributed by atoms with van der Waals surface area (Å²) in [7, 11) is 0. The minimum absolute atomic E-state index is 0.102. The Morgan fingerprint density at radius 3 is 2.03 bits per heavy atom. The first-order valence-electron chi connectivity index (χ1n) is 10.2. The van der Waals surface area contributed by atoms with Gasteiger partial charge in [0.2, 0.25) is 0 Å². The third-order valence-electron chi connectivity index (χ3n) is 5.62. The van der Waals surface area contributed by atoms with Gasteiger partial charge in [0.15, 0.2) is 5.41 Å². The van der Waals surface area contributed by atoms with Crippen molar-refractivity contribution in [2.75, 3.05) is 19.8 Å². The number of fused-ring (bicyclic) bond motifs is 1. The lowest BCUT2D eigenvalue weighted by Crippen LogP contribution is -2.44. The van der Waals surface area contributed by atoms with Gasteiger partial charge in [0.1, 0.15) is 17.0 Å². The average Bonchev–Trinajstić information content (AvgIpc) is 3.33. The molecule has 0 radical (unpaired) electrons. The first-order valence-corrected chi connectivity index (χ1v) is 10.2. The second kappa shape index (κ2) is 8.02. The van der Waals surface area contributed by atoms with Gasteiger partial charge < -0.3 is 19.9 Å². The predicted octanol–water partition coefficient (Wildman–Crippen LogP) is 3.47. The molecule has 1 heterocycles. The highest BCUT2D eigenvalue weighted by atomic mass is 16.7. The summed E-state index contributed by atoms with van der Waals surface area (Å²) >= 11 is 0. The molecule has 1 aliphatic carbocycles. The van der Waals surface area contributed by atoms with Crippen LogP contribution < -0.4 is 10.5 Å². The van der Waals surface area contributed by atoms with Crippen molar-refractivity contribution in [3.8, 4) is 17.9 Å². The molecule has 3 unspecified atom stereocenters. The topological polar surface area (TPSA) is 114 Å². The van der Waals surface area contributed by atoms with Crippen LogP contribution >= 0.6 is 0 Å². The fourth-order valence-corrected chi connectivity index (χ4v) is 4.32. The van der Waals surface area contributed by atoms with Gasteiger partial charge in [-0.1, -0.05) is 32.9 Å². The van der Waals surface area contributed by atoms with E-state index in [1.807, 2.05) is 45.0 Å². The molecule has 0 amide bonds. The zero-order valence-corrected chi connectivity index (χ0v) is 17.3. The molecule has 1 aromatic rings. The molecule has 0 aromatic heterocycles. The van der Waals surface area contributed by atoms with Gasteiger partial charge in [-0.05, 0) is 37.0 Å². The summed E-state index contributed by atoms with van der Waals surface area (Å²) in [5, 5.41) is 20.4. The summed E-state index contributed by atoms with van der Waals surface area (Å²) in [5.41, 5.74) is 4.49. The molecule has 0 spiro atoms. The Morgan fingerprint density at radius 2 is 1.55 bits per heavy atom. The van der Waals surface area contributed by atoms with Crippen molar-refractivity contribution < 1.29 is 14.2 Å². The van der Waals surface area contributed by atoms with Crippen LogP contribution in [-0.4, -0.2) is 31.6 Å². The van der Waals surface area contributed by atoms with Gasteiger partial charge in [0.25, 0.3) is 5.91 Å². The molecular formula is C22H28N4O3. The Hall–Kier alpha value is -2.61. The van der Waals surface area contributed by atoms with E-state index in [0.717, 1.165) is 30.6 Å². The van der Waals surface area contributed by atoms with Gasteiger partial charge >= 0.3 is 0 Å². The summed E-state index contributed by atoms with van der Waals surface area (Å²) in [4.78, 5) is 4.43. The molecule has 2 aliphatic rings. The molecule has 0 saturated heterocycles. The molecular weight excluding hydrogens is 368 g/mol. The van der Waals surface area contributed by atoms with Crippen LogP contribution in [0, 0.1) is 33.5 Å².